The molecule has 8 heteroatoms. The van der Waals surface area contributed by atoms with Gasteiger partial charge in [-0.25, -0.2) is 8.42 Å². The Morgan fingerprint density at radius 3 is 2.55 bits per heavy atom. The van der Waals surface area contributed by atoms with E-state index >= 15 is 0 Å². The van der Waals surface area contributed by atoms with E-state index in [1.165, 1.54) is 18.4 Å². The number of rotatable bonds is 4. The predicted molar refractivity (Wildman–Crippen MR) is 114 cm³/mol. The molecule has 29 heavy (non-hydrogen) atoms. The smallest absolute Gasteiger partial charge is 0.177 e. The van der Waals surface area contributed by atoms with Crippen LogP contribution in [0.1, 0.15) is 30.0 Å². The van der Waals surface area contributed by atoms with Gasteiger partial charge in [-0.1, -0.05) is 0 Å². The van der Waals surface area contributed by atoms with Crippen molar-refractivity contribution in [1.82, 2.24) is 5.32 Å². The summed E-state index contributed by atoms with van der Waals surface area (Å²) in [4.78, 5) is 2.47. The third-order valence-corrected chi connectivity index (χ3v) is 6.91. The van der Waals surface area contributed by atoms with Gasteiger partial charge in [-0.3, -0.25) is 0 Å². The Morgan fingerprint density at radius 1 is 1.10 bits per heavy atom. The minimum Gasteiger partial charge on any atom is -0.508 e. The van der Waals surface area contributed by atoms with E-state index in [0.717, 1.165) is 50.3 Å². The van der Waals surface area contributed by atoms with Crippen molar-refractivity contribution in [2.45, 2.75) is 30.2 Å². The van der Waals surface area contributed by atoms with Gasteiger partial charge in [0.1, 0.15) is 11.5 Å². The molecule has 2 aliphatic rings. The molecular formula is C21H27N3O4S. The highest BCUT2D eigenvalue weighted by molar-refractivity contribution is 7.90. The second kappa shape index (κ2) is 7.76. The van der Waals surface area contributed by atoms with Crippen LogP contribution in [0, 0.1) is 0 Å². The highest BCUT2D eigenvalue weighted by Gasteiger charge is 2.27. The SMILES string of the molecule is CS(=O)(=O)c1ccc(N2CCNCC2)cc1NC1CCCc2c(O)ccc(O)c21. The molecular weight excluding hydrogens is 390 g/mol. The normalized spacial score (nSPS) is 19.6. The summed E-state index contributed by atoms with van der Waals surface area (Å²) in [7, 11) is -3.43. The first-order chi connectivity index (χ1) is 13.8. The van der Waals surface area contributed by atoms with Gasteiger partial charge in [-0.15, -0.1) is 0 Å². The molecule has 0 aromatic heterocycles. The number of sulfone groups is 1. The average molecular weight is 418 g/mol. The van der Waals surface area contributed by atoms with Crippen LogP contribution in [-0.2, 0) is 16.3 Å². The van der Waals surface area contributed by atoms with E-state index in [1.807, 2.05) is 12.1 Å². The number of piperazine rings is 1. The summed E-state index contributed by atoms with van der Waals surface area (Å²) in [6.45, 7) is 3.50. The molecule has 1 atom stereocenters. The lowest BCUT2D eigenvalue weighted by Crippen LogP contribution is -2.43. The van der Waals surface area contributed by atoms with Gasteiger partial charge in [0.15, 0.2) is 9.84 Å². The largest absolute Gasteiger partial charge is 0.508 e. The molecule has 1 aliphatic heterocycles. The molecule has 0 radical (unpaired) electrons. The fourth-order valence-electron chi connectivity index (χ4n) is 4.33. The number of anilines is 2. The van der Waals surface area contributed by atoms with E-state index in [9.17, 15) is 18.6 Å². The summed E-state index contributed by atoms with van der Waals surface area (Å²) in [6, 6.07) is 8.11. The standard InChI is InChI=1S/C21H27N3O4S/c1-29(27,28)20-8-5-14(24-11-9-22-10-12-24)13-17(20)23-16-4-2-3-15-18(25)6-7-19(26)21(15)16/h5-8,13,16,22-23,25-26H,2-4,9-12H2,1H3. The molecule has 7 nitrogen and oxygen atoms in total. The second-order valence-corrected chi connectivity index (χ2v) is 9.76. The number of hydrogen-bond donors (Lipinski definition) is 4. The van der Waals surface area contributed by atoms with Crippen molar-refractivity contribution in [2.24, 2.45) is 0 Å². The number of phenolic OH excluding ortho intramolecular Hbond substituents is 2. The van der Waals surface area contributed by atoms with Gasteiger partial charge in [0, 0.05) is 49.2 Å². The molecule has 4 rings (SSSR count). The van der Waals surface area contributed by atoms with Crippen LogP contribution >= 0.6 is 0 Å². The van der Waals surface area contributed by atoms with Crippen LogP contribution in [0.5, 0.6) is 11.5 Å². The number of phenols is 2. The maximum atomic E-state index is 12.4. The summed E-state index contributed by atoms with van der Waals surface area (Å²) < 4.78 is 24.8. The van der Waals surface area contributed by atoms with E-state index in [4.69, 9.17) is 0 Å². The molecule has 0 amide bonds. The van der Waals surface area contributed by atoms with Crippen molar-refractivity contribution >= 4 is 21.2 Å². The Balaban J connectivity index is 1.74. The molecule has 1 unspecified atom stereocenters. The highest BCUT2D eigenvalue weighted by atomic mass is 32.2. The van der Waals surface area contributed by atoms with Gasteiger partial charge >= 0.3 is 0 Å². The first-order valence-corrected chi connectivity index (χ1v) is 11.8. The van der Waals surface area contributed by atoms with E-state index in [2.05, 4.69) is 15.5 Å². The fraction of sp³-hybridized carbons (Fsp3) is 0.429. The van der Waals surface area contributed by atoms with Crippen LogP contribution in [0.4, 0.5) is 11.4 Å². The van der Waals surface area contributed by atoms with Crippen molar-refractivity contribution < 1.29 is 18.6 Å². The van der Waals surface area contributed by atoms with E-state index in [-0.39, 0.29) is 22.4 Å². The zero-order valence-electron chi connectivity index (χ0n) is 16.5. The number of hydrogen-bond acceptors (Lipinski definition) is 7. The van der Waals surface area contributed by atoms with Gasteiger partial charge in [0.2, 0.25) is 0 Å². The lowest BCUT2D eigenvalue weighted by Gasteiger charge is -2.32. The Kier molecular flexibility index (Phi) is 5.31. The Bertz CT molecular complexity index is 1020. The van der Waals surface area contributed by atoms with E-state index in [0.29, 0.717) is 17.7 Å². The molecule has 2 aromatic carbocycles. The lowest BCUT2D eigenvalue weighted by atomic mass is 9.86. The minimum absolute atomic E-state index is 0.120. The van der Waals surface area contributed by atoms with Crippen LogP contribution in [-0.4, -0.2) is 51.1 Å². The Hall–Kier alpha value is -2.45. The van der Waals surface area contributed by atoms with Crippen LogP contribution < -0.4 is 15.5 Å². The molecule has 1 fully saturated rings. The quantitative estimate of drug-likeness (QED) is 0.567. The summed E-state index contributed by atoms with van der Waals surface area (Å²) in [5.41, 5.74) is 2.89. The zero-order valence-corrected chi connectivity index (χ0v) is 17.3. The van der Waals surface area contributed by atoms with Crippen LogP contribution in [0.3, 0.4) is 0 Å². The first kappa shape index (κ1) is 19.8. The number of nitrogens with one attached hydrogen (secondary N) is 2. The summed E-state index contributed by atoms with van der Waals surface area (Å²) in [6.07, 6.45) is 3.47. The second-order valence-electron chi connectivity index (χ2n) is 7.77. The van der Waals surface area contributed by atoms with Crippen LogP contribution in [0.2, 0.25) is 0 Å². The van der Waals surface area contributed by atoms with Crippen LogP contribution in [0.25, 0.3) is 0 Å². The van der Waals surface area contributed by atoms with Gasteiger partial charge < -0.3 is 25.7 Å². The molecule has 0 saturated carbocycles. The lowest BCUT2D eigenvalue weighted by molar-refractivity contribution is 0.430. The highest BCUT2D eigenvalue weighted by Crippen LogP contribution is 2.42. The number of benzene rings is 2. The first-order valence-electron chi connectivity index (χ1n) is 9.94. The van der Waals surface area contributed by atoms with E-state index in [1.54, 1.807) is 6.07 Å². The maximum Gasteiger partial charge on any atom is 0.177 e. The monoisotopic (exact) mass is 417 g/mol. The molecule has 0 spiro atoms. The molecule has 1 aliphatic carbocycles. The van der Waals surface area contributed by atoms with Crippen LogP contribution in [0.15, 0.2) is 35.2 Å². The van der Waals surface area contributed by atoms with Gasteiger partial charge in [-0.05, 0) is 49.6 Å². The van der Waals surface area contributed by atoms with Crippen molar-refractivity contribution in [3.63, 3.8) is 0 Å². The van der Waals surface area contributed by atoms with E-state index < -0.39 is 9.84 Å². The number of nitrogens with zero attached hydrogens (tertiary/aromatic N) is 1. The molecule has 156 valence electrons. The number of aromatic hydroxyl groups is 2. The van der Waals surface area contributed by atoms with Crippen molar-refractivity contribution in [3.05, 3.63) is 41.5 Å². The average Bonchev–Trinajstić information content (AvgIpc) is 2.71. The van der Waals surface area contributed by atoms with Gasteiger partial charge in [-0.2, -0.15) is 0 Å². The molecule has 4 N–H and O–H groups in total. The van der Waals surface area contributed by atoms with Gasteiger partial charge in [0.05, 0.1) is 16.6 Å². The maximum absolute atomic E-state index is 12.4. The topological polar surface area (TPSA) is 102 Å². The fourth-order valence-corrected chi connectivity index (χ4v) is 5.16. The Morgan fingerprint density at radius 2 is 1.83 bits per heavy atom. The molecule has 1 heterocycles. The third-order valence-electron chi connectivity index (χ3n) is 5.75. The predicted octanol–water partition coefficient (Wildman–Crippen LogP) is 2.40. The van der Waals surface area contributed by atoms with Crippen molar-refractivity contribution in [2.75, 3.05) is 42.7 Å². The zero-order chi connectivity index (χ0) is 20.6. The summed E-state index contributed by atoms with van der Waals surface area (Å²) >= 11 is 0. The Labute approximate surface area is 171 Å². The van der Waals surface area contributed by atoms with Crippen molar-refractivity contribution in [1.29, 1.82) is 0 Å². The summed E-state index contributed by atoms with van der Waals surface area (Å²) in [5.74, 6) is 0.288. The molecule has 2 aromatic rings. The van der Waals surface area contributed by atoms with Gasteiger partial charge in [0.25, 0.3) is 0 Å². The molecule has 1 saturated heterocycles. The van der Waals surface area contributed by atoms with Crippen molar-refractivity contribution in [3.8, 4) is 11.5 Å². The molecule has 0 bridgehead atoms. The minimum atomic E-state index is -3.43. The number of fused-ring (bicyclic) bond motifs is 1. The summed E-state index contributed by atoms with van der Waals surface area (Å²) in [5, 5.41) is 27.3. The third kappa shape index (κ3) is 4.00.